The minimum Gasteiger partial charge on any atom is -0.356 e. The molecule has 1 aliphatic heterocycles. The third-order valence-corrected chi connectivity index (χ3v) is 6.31. The summed E-state index contributed by atoms with van der Waals surface area (Å²) in [4.78, 5) is 25.2. The number of fused-ring (bicyclic) bond motifs is 1. The van der Waals surface area contributed by atoms with Gasteiger partial charge in [-0.15, -0.1) is 11.3 Å². The fourth-order valence-corrected chi connectivity index (χ4v) is 5.01. The topological polar surface area (TPSA) is 70.2 Å². The van der Waals surface area contributed by atoms with Gasteiger partial charge in [-0.25, -0.2) is 14.8 Å². The van der Waals surface area contributed by atoms with Crippen LogP contribution in [0.3, 0.4) is 0 Å². The van der Waals surface area contributed by atoms with Crippen molar-refractivity contribution >= 4 is 39.1 Å². The van der Waals surface area contributed by atoms with E-state index in [4.69, 9.17) is 4.98 Å². The summed E-state index contributed by atoms with van der Waals surface area (Å²) < 4.78 is 0. The van der Waals surface area contributed by atoms with Gasteiger partial charge in [0.05, 0.1) is 5.39 Å². The summed E-state index contributed by atoms with van der Waals surface area (Å²) in [7, 11) is 0. The number of piperidine rings is 1. The van der Waals surface area contributed by atoms with Crippen LogP contribution in [0.1, 0.15) is 38.1 Å². The molecule has 1 aromatic carbocycles. The number of aromatic nitrogens is 2. The van der Waals surface area contributed by atoms with E-state index in [2.05, 4.69) is 39.7 Å². The lowest BCUT2D eigenvalue weighted by molar-refractivity contribution is 0.246. The number of benzene rings is 1. The molecule has 0 aliphatic carbocycles. The highest BCUT2D eigenvalue weighted by molar-refractivity contribution is 7.17. The van der Waals surface area contributed by atoms with E-state index in [1.807, 2.05) is 37.3 Å². The van der Waals surface area contributed by atoms with E-state index in [-0.39, 0.29) is 12.1 Å². The number of nitrogens with zero attached hydrogens (tertiary/aromatic N) is 3. The number of amides is 2. The summed E-state index contributed by atoms with van der Waals surface area (Å²) >= 11 is 1.72. The minimum absolute atomic E-state index is 0.142. The summed E-state index contributed by atoms with van der Waals surface area (Å²) in [6.07, 6.45) is 2.84. The molecule has 0 atom stereocenters. The second-order valence-corrected chi connectivity index (χ2v) is 9.22. The number of nitrogens with one attached hydrogen (secondary N) is 2. The van der Waals surface area contributed by atoms with E-state index in [1.165, 1.54) is 10.9 Å². The van der Waals surface area contributed by atoms with Crippen LogP contribution in [0.2, 0.25) is 0 Å². The molecular formula is C23H29N5OS. The molecule has 0 spiro atoms. The standard InChI is InChI=1S/C23H29N5OS/c1-15(2)13-17-14-30-22-20(17)21(24-16(3)25-22)28-11-9-19(10-12-28)27-23(29)26-18-7-5-4-6-8-18/h4-8,14-15,19H,9-13H2,1-3H3,(H2,26,27,29). The lowest BCUT2D eigenvalue weighted by Crippen LogP contribution is -2.46. The molecule has 158 valence electrons. The van der Waals surface area contributed by atoms with E-state index in [0.29, 0.717) is 5.92 Å². The van der Waals surface area contributed by atoms with Gasteiger partial charge in [-0.3, -0.25) is 0 Å². The van der Waals surface area contributed by atoms with Crippen LogP contribution in [0.25, 0.3) is 10.2 Å². The maximum atomic E-state index is 12.3. The van der Waals surface area contributed by atoms with Crippen LogP contribution in [0.5, 0.6) is 0 Å². The Balaban J connectivity index is 1.43. The first-order valence-electron chi connectivity index (χ1n) is 10.6. The molecule has 6 nitrogen and oxygen atoms in total. The lowest BCUT2D eigenvalue weighted by Gasteiger charge is -2.33. The fraction of sp³-hybridized carbons (Fsp3) is 0.435. The van der Waals surface area contributed by atoms with Crippen LogP contribution in [0.4, 0.5) is 16.3 Å². The number of carbonyl (C=O) groups is 1. The molecule has 2 amide bonds. The van der Waals surface area contributed by atoms with E-state index >= 15 is 0 Å². The first-order chi connectivity index (χ1) is 14.5. The molecule has 0 unspecified atom stereocenters. The van der Waals surface area contributed by atoms with Crippen LogP contribution < -0.4 is 15.5 Å². The Labute approximate surface area is 181 Å². The quantitative estimate of drug-likeness (QED) is 0.607. The molecule has 0 saturated carbocycles. The lowest BCUT2D eigenvalue weighted by atomic mass is 10.0. The molecule has 7 heteroatoms. The number of thiophene rings is 1. The third kappa shape index (κ3) is 4.73. The molecule has 3 aromatic rings. The van der Waals surface area contributed by atoms with Crippen molar-refractivity contribution in [3.8, 4) is 0 Å². The molecule has 1 fully saturated rings. The number of hydrogen-bond donors (Lipinski definition) is 2. The number of carbonyl (C=O) groups excluding carboxylic acids is 1. The summed E-state index contributed by atoms with van der Waals surface area (Å²) in [6, 6.07) is 9.57. The van der Waals surface area contributed by atoms with Crippen LogP contribution in [-0.4, -0.2) is 35.1 Å². The molecule has 1 aliphatic rings. The summed E-state index contributed by atoms with van der Waals surface area (Å²) in [5, 5.41) is 9.47. The number of anilines is 2. The van der Waals surface area contributed by atoms with Crippen molar-refractivity contribution in [2.24, 2.45) is 5.92 Å². The van der Waals surface area contributed by atoms with Gasteiger partial charge >= 0.3 is 6.03 Å². The average molecular weight is 424 g/mol. The highest BCUT2D eigenvalue weighted by atomic mass is 32.1. The Morgan fingerprint density at radius 2 is 1.93 bits per heavy atom. The van der Waals surface area contributed by atoms with E-state index in [9.17, 15) is 4.79 Å². The number of para-hydroxylation sites is 1. The van der Waals surface area contributed by atoms with Crippen molar-refractivity contribution < 1.29 is 4.79 Å². The molecule has 4 rings (SSSR count). The van der Waals surface area contributed by atoms with Gasteiger partial charge in [-0.05, 0) is 55.2 Å². The zero-order valence-electron chi connectivity index (χ0n) is 17.8. The molecule has 0 bridgehead atoms. The Bertz CT molecular complexity index is 1010. The summed E-state index contributed by atoms with van der Waals surface area (Å²) in [6.45, 7) is 8.20. The van der Waals surface area contributed by atoms with Crippen molar-refractivity contribution in [2.45, 2.75) is 46.1 Å². The van der Waals surface area contributed by atoms with Crippen LogP contribution in [-0.2, 0) is 6.42 Å². The van der Waals surface area contributed by atoms with Gasteiger partial charge in [-0.2, -0.15) is 0 Å². The molecule has 1 saturated heterocycles. The van der Waals surface area contributed by atoms with Gasteiger partial charge in [0.1, 0.15) is 16.5 Å². The van der Waals surface area contributed by atoms with Gasteiger partial charge in [0, 0.05) is 24.8 Å². The van der Waals surface area contributed by atoms with Crippen molar-refractivity contribution in [1.82, 2.24) is 15.3 Å². The van der Waals surface area contributed by atoms with Crippen molar-refractivity contribution in [2.75, 3.05) is 23.3 Å². The maximum Gasteiger partial charge on any atom is 0.319 e. The number of rotatable bonds is 5. The van der Waals surface area contributed by atoms with Crippen LogP contribution >= 0.6 is 11.3 Å². The first kappa shape index (κ1) is 20.6. The van der Waals surface area contributed by atoms with Gasteiger partial charge in [0.25, 0.3) is 0 Å². The van der Waals surface area contributed by atoms with Gasteiger partial charge in [0.2, 0.25) is 0 Å². The normalized spacial score (nSPS) is 15.0. The zero-order chi connectivity index (χ0) is 21.1. The molecular weight excluding hydrogens is 394 g/mol. The predicted octanol–water partition coefficient (Wildman–Crippen LogP) is 4.99. The first-order valence-corrected chi connectivity index (χ1v) is 11.5. The maximum absolute atomic E-state index is 12.3. The molecule has 3 heterocycles. The average Bonchev–Trinajstić information content (AvgIpc) is 3.10. The number of urea groups is 1. The van der Waals surface area contributed by atoms with Crippen molar-refractivity contribution in [3.63, 3.8) is 0 Å². The van der Waals surface area contributed by atoms with Gasteiger partial charge < -0.3 is 15.5 Å². The van der Waals surface area contributed by atoms with E-state index in [0.717, 1.165) is 54.5 Å². The van der Waals surface area contributed by atoms with E-state index in [1.54, 1.807) is 11.3 Å². The Morgan fingerprint density at radius 3 is 2.63 bits per heavy atom. The highest BCUT2D eigenvalue weighted by Crippen LogP contribution is 2.34. The highest BCUT2D eigenvalue weighted by Gasteiger charge is 2.25. The number of aryl methyl sites for hydroxylation is 1. The van der Waals surface area contributed by atoms with Crippen LogP contribution in [0.15, 0.2) is 35.7 Å². The summed E-state index contributed by atoms with van der Waals surface area (Å²) in [5.41, 5.74) is 2.16. The Morgan fingerprint density at radius 1 is 1.20 bits per heavy atom. The monoisotopic (exact) mass is 423 g/mol. The summed E-state index contributed by atoms with van der Waals surface area (Å²) in [5.74, 6) is 2.47. The predicted molar refractivity (Wildman–Crippen MR) is 125 cm³/mol. The minimum atomic E-state index is -0.142. The van der Waals surface area contributed by atoms with Crippen molar-refractivity contribution in [1.29, 1.82) is 0 Å². The van der Waals surface area contributed by atoms with Crippen LogP contribution in [0, 0.1) is 12.8 Å². The molecule has 2 aromatic heterocycles. The van der Waals surface area contributed by atoms with Crippen molar-refractivity contribution in [3.05, 3.63) is 47.1 Å². The SMILES string of the molecule is Cc1nc(N2CCC(NC(=O)Nc3ccccc3)CC2)c2c(CC(C)C)csc2n1. The Hall–Kier alpha value is -2.67. The van der Waals surface area contributed by atoms with E-state index < -0.39 is 0 Å². The van der Waals surface area contributed by atoms with Gasteiger partial charge in [0.15, 0.2) is 0 Å². The zero-order valence-corrected chi connectivity index (χ0v) is 18.6. The number of hydrogen-bond acceptors (Lipinski definition) is 5. The second-order valence-electron chi connectivity index (χ2n) is 8.36. The molecule has 0 radical (unpaired) electrons. The second kappa shape index (κ2) is 9.00. The molecule has 2 N–H and O–H groups in total. The fourth-order valence-electron chi connectivity index (χ4n) is 4.01. The molecule has 30 heavy (non-hydrogen) atoms. The largest absolute Gasteiger partial charge is 0.356 e. The van der Waals surface area contributed by atoms with Gasteiger partial charge in [-0.1, -0.05) is 32.0 Å². The Kier molecular flexibility index (Phi) is 6.18. The third-order valence-electron chi connectivity index (χ3n) is 5.39. The smallest absolute Gasteiger partial charge is 0.319 e.